The number of aromatic nitrogens is 2. The predicted octanol–water partition coefficient (Wildman–Crippen LogP) is 4.59. The summed E-state index contributed by atoms with van der Waals surface area (Å²) < 4.78 is 12.4. The molecule has 3 amide bonds. The SMILES string of the molecule is COc1c(-c2cccc3ccccc23)cnn([C@@H]2C[C@H]3C(=O)N[C@]4(C(=O)O)C[C@H]4/C=C\CCCCC[C@H](NC(=O)OC(C)(C)C)C(=O)N3C2)c1=O. The molecule has 6 rings (SSSR count). The van der Waals surface area contributed by atoms with Gasteiger partial charge in [0.25, 0.3) is 0 Å². The van der Waals surface area contributed by atoms with Crippen molar-refractivity contribution in [3.8, 4) is 16.9 Å². The Labute approximate surface area is 296 Å². The number of aliphatic carboxylic acids is 1. The number of fused-ring (bicyclic) bond motifs is 3. The van der Waals surface area contributed by atoms with Crippen LogP contribution < -0.4 is 20.9 Å². The van der Waals surface area contributed by atoms with Crippen LogP contribution in [-0.4, -0.2) is 80.5 Å². The van der Waals surface area contributed by atoms with Crippen molar-refractivity contribution in [3.63, 3.8) is 0 Å². The van der Waals surface area contributed by atoms with Crippen molar-refractivity contribution in [1.82, 2.24) is 25.3 Å². The van der Waals surface area contributed by atoms with E-state index in [0.29, 0.717) is 18.4 Å². The van der Waals surface area contributed by atoms with E-state index in [1.165, 1.54) is 16.7 Å². The van der Waals surface area contributed by atoms with Crippen LogP contribution in [0.5, 0.6) is 5.75 Å². The van der Waals surface area contributed by atoms with Gasteiger partial charge < -0.3 is 30.1 Å². The number of carboxylic acids is 1. The molecular weight excluding hydrogens is 654 g/mol. The van der Waals surface area contributed by atoms with Crippen LogP contribution >= 0.6 is 0 Å². The Balaban J connectivity index is 1.37. The molecule has 0 unspecified atom stereocenters. The fourth-order valence-corrected chi connectivity index (χ4v) is 7.26. The molecule has 1 saturated heterocycles. The van der Waals surface area contributed by atoms with E-state index in [1.54, 1.807) is 27.0 Å². The van der Waals surface area contributed by atoms with Crippen LogP contribution in [0.1, 0.15) is 71.8 Å². The first-order valence-corrected chi connectivity index (χ1v) is 17.5. The molecule has 3 heterocycles. The van der Waals surface area contributed by atoms with Gasteiger partial charge in [-0.2, -0.15) is 5.10 Å². The quantitative estimate of drug-likeness (QED) is 0.323. The van der Waals surface area contributed by atoms with E-state index in [-0.39, 0.29) is 31.1 Å². The van der Waals surface area contributed by atoms with Crippen molar-refractivity contribution in [1.29, 1.82) is 0 Å². The van der Waals surface area contributed by atoms with Gasteiger partial charge in [0.15, 0.2) is 5.75 Å². The Hall–Kier alpha value is -5.20. The van der Waals surface area contributed by atoms with Gasteiger partial charge in [0.05, 0.1) is 24.9 Å². The first-order chi connectivity index (χ1) is 24.3. The summed E-state index contributed by atoms with van der Waals surface area (Å²) in [7, 11) is 1.41. The van der Waals surface area contributed by atoms with E-state index < -0.39 is 58.7 Å². The van der Waals surface area contributed by atoms with E-state index in [4.69, 9.17) is 9.47 Å². The minimum absolute atomic E-state index is 0.0173. The van der Waals surface area contributed by atoms with Gasteiger partial charge >= 0.3 is 17.6 Å². The second-order valence-corrected chi connectivity index (χ2v) is 14.6. The minimum atomic E-state index is -1.49. The molecule has 13 heteroatoms. The highest BCUT2D eigenvalue weighted by Crippen LogP contribution is 2.45. The number of carboxylic acid groups (broad SMARTS) is 1. The van der Waals surface area contributed by atoms with E-state index >= 15 is 0 Å². The molecule has 1 saturated carbocycles. The monoisotopic (exact) mass is 699 g/mol. The van der Waals surface area contributed by atoms with Gasteiger partial charge in [0, 0.05) is 18.9 Å². The van der Waals surface area contributed by atoms with Crippen molar-refractivity contribution >= 4 is 34.6 Å². The molecule has 0 spiro atoms. The summed E-state index contributed by atoms with van der Waals surface area (Å²) in [5, 5.41) is 22.1. The Morgan fingerprint density at radius 3 is 2.55 bits per heavy atom. The largest absolute Gasteiger partial charge is 0.491 e. The molecule has 1 aliphatic carbocycles. The number of rotatable bonds is 5. The zero-order valence-corrected chi connectivity index (χ0v) is 29.4. The third-order valence-corrected chi connectivity index (χ3v) is 9.92. The average molecular weight is 700 g/mol. The third kappa shape index (κ3) is 7.33. The highest BCUT2D eigenvalue weighted by molar-refractivity contribution is 5.98. The van der Waals surface area contributed by atoms with E-state index in [9.17, 15) is 29.1 Å². The number of nitrogens with zero attached hydrogens (tertiary/aromatic N) is 3. The van der Waals surface area contributed by atoms with Crippen molar-refractivity contribution in [3.05, 3.63) is 71.2 Å². The van der Waals surface area contributed by atoms with Gasteiger partial charge in [0.1, 0.15) is 23.2 Å². The number of nitrogens with one attached hydrogen (secondary N) is 2. The third-order valence-electron chi connectivity index (χ3n) is 9.92. The molecule has 0 radical (unpaired) electrons. The fraction of sp³-hybridized carbons (Fsp3) is 0.474. The standard InChI is InChI=1S/C38H45N5O8/c1-37(2,3)51-36(49)40-29-18-9-7-5-6-8-15-24-20-38(24,35(47)48)41-32(44)30-19-25(22-42(30)33(29)45)43-34(46)31(50-4)28(21-39-43)27-17-12-14-23-13-10-11-16-26(23)27/h8,10-17,21,24-25,29-30H,5-7,9,18-20,22H2,1-4H3,(H,40,49)(H,41,44)(H,47,48)/b15-8-/t24-,25-,29+,30+,38-/m1/s1. The topological polar surface area (TPSA) is 169 Å². The number of ether oxygens (including phenoxy) is 2. The van der Waals surface area contributed by atoms with Crippen LogP contribution in [0.3, 0.4) is 0 Å². The highest BCUT2D eigenvalue weighted by atomic mass is 16.6. The smallest absolute Gasteiger partial charge is 0.408 e. The van der Waals surface area contributed by atoms with Crippen LogP contribution in [0.2, 0.25) is 0 Å². The van der Waals surface area contributed by atoms with Gasteiger partial charge in [0.2, 0.25) is 11.8 Å². The summed E-state index contributed by atoms with van der Waals surface area (Å²) in [5.41, 5.74) is -1.58. The van der Waals surface area contributed by atoms with Crippen LogP contribution in [-0.2, 0) is 19.1 Å². The van der Waals surface area contributed by atoms with Crippen molar-refractivity contribution in [2.24, 2.45) is 5.92 Å². The molecule has 3 aromatic rings. The average Bonchev–Trinajstić information content (AvgIpc) is 3.60. The van der Waals surface area contributed by atoms with E-state index in [2.05, 4.69) is 15.7 Å². The van der Waals surface area contributed by atoms with Crippen LogP contribution in [0.15, 0.2) is 65.6 Å². The second kappa shape index (κ2) is 14.2. The van der Waals surface area contributed by atoms with Gasteiger partial charge in [-0.3, -0.25) is 14.4 Å². The van der Waals surface area contributed by atoms with E-state index in [0.717, 1.165) is 35.6 Å². The number of methoxy groups -OCH3 is 1. The molecule has 51 heavy (non-hydrogen) atoms. The summed E-state index contributed by atoms with van der Waals surface area (Å²) in [4.78, 5) is 69.3. The summed E-state index contributed by atoms with van der Waals surface area (Å²) in [5.74, 6) is -2.66. The van der Waals surface area contributed by atoms with Crippen LogP contribution in [0, 0.1) is 5.92 Å². The summed E-state index contributed by atoms with van der Waals surface area (Å²) >= 11 is 0. The van der Waals surface area contributed by atoms with Gasteiger partial charge in [-0.05, 0) is 62.8 Å². The maximum atomic E-state index is 14.4. The molecule has 13 nitrogen and oxygen atoms in total. The molecule has 0 bridgehead atoms. The zero-order valence-electron chi connectivity index (χ0n) is 29.4. The predicted molar refractivity (Wildman–Crippen MR) is 189 cm³/mol. The maximum Gasteiger partial charge on any atom is 0.408 e. The molecule has 1 aromatic heterocycles. The Morgan fingerprint density at radius 1 is 1.04 bits per heavy atom. The molecule has 270 valence electrons. The van der Waals surface area contributed by atoms with Crippen molar-refractivity contribution in [2.45, 2.75) is 95.0 Å². The highest BCUT2D eigenvalue weighted by Gasteiger charge is 2.61. The lowest BCUT2D eigenvalue weighted by Crippen LogP contribution is -2.56. The number of hydrogen-bond acceptors (Lipinski definition) is 8. The first kappa shape index (κ1) is 35.6. The molecule has 3 aliphatic rings. The number of alkyl carbamates (subject to hydrolysis) is 1. The lowest BCUT2D eigenvalue weighted by molar-refractivity contribution is -0.145. The molecule has 5 atom stereocenters. The normalized spacial score (nSPS) is 26.2. The first-order valence-electron chi connectivity index (χ1n) is 17.5. The number of carbonyl (C=O) groups excluding carboxylic acids is 3. The molecular formula is C38H45N5O8. The van der Waals surface area contributed by atoms with Crippen molar-refractivity contribution < 1.29 is 33.8 Å². The number of allylic oxidation sites excluding steroid dienone is 1. The zero-order chi connectivity index (χ0) is 36.5. The lowest BCUT2D eigenvalue weighted by atomic mass is 9.99. The maximum absolute atomic E-state index is 14.4. The minimum Gasteiger partial charge on any atom is -0.491 e. The molecule has 2 fully saturated rings. The second-order valence-electron chi connectivity index (χ2n) is 14.6. The summed E-state index contributed by atoms with van der Waals surface area (Å²) in [6.07, 6.45) is 7.98. The van der Waals surface area contributed by atoms with Gasteiger partial charge in [-0.15, -0.1) is 0 Å². The summed E-state index contributed by atoms with van der Waals surface area (Å²) in [6.45, 7) is 5.07. The van der Waals surface area contributed by atoms with Gasteiger partial charge in [-0.25, -0.2) is 14.3 Å². The molecule has 3 N–H and O–H groups in total. The molecule has 2 aromatic carbocycles. The van der Waals surface area contributed by atoms with Crippen molar-refractivity contribution in [2.75, 3.05) is 13.7 Å². The van der Waals surface area contributed by atoms with E-state index in [1.807, 2.05) is 54.6 Å². The summed E-state index contributed by atoms with van der Waals surface area (Å²) in [6, 6.07) is 10.6. The number of carbonyl (C=O) groups is 4. The number of hydrogen-bond donors (Lipinski definition) is 3. The Morgan fingerprint density at radius 2 is 1.80 bits per heavy atom. The number of amides is 3. The van der Waals surface area contributed by atoms with Crippen LogP contribution in [0.4, 0.5) is 4.79 Å². The fourth-order valence-electron chi connectivity index (χ4n) is 7.26. The Bertz CT molecular complexity index is 1930. The molecule has 2 aliphatic heterocycles. The van der Waals surface area contributed by atoms with Gasteiger partial charge in [-0.1, -0.05) is 67.5 Å². The number of benzene rings is 2. The lowest BCUT2D eigenvalue weighted by Gasteiger charge is -2.30. The van der Waals surface area contributed by atoms with Crippen LogP contribution in [0.25, 0.3) is 21.9 Å². The Kier molecular flexibility index (Phi) is 9.92.